The number of rotatable bonds is 23. The number of unbranched alkanes of at least 4 members (excludes halogenated alkanes) is 2. The Morgan fingerprint density at radius 1 is 0.862 bits per heavy atom. The van der Waals surface area contributed by atoms with Gasteiger partial charge in [0.1, 0.15) is 24.7 Å². The summed E-state index contributed by atoms with van der Waals surface area (Å²) < 4.78 is 65.5. The van der Waals surface area contributed by atoms with Crippen LogP contribution in [0.15, 0.2) is 93.9 Å². The van der Waals surface area contributed by atoms with Gasteiger partial charge in [-0.3, -0.25) is 14.1 Å². The molecule has 1 saturated heterocycles. The molecule has 348 valence electrons. The van der Waals surface area contributed by atoms with Crippen molar-refractivity contribution in [2.24, 2.45) is 0 Å². The maximum Gasteiger partial charge on any atom is 0.333 e. The summed E-state index contributed by atoms with van der Waals surface area (Å²) in [6, 6.07) is 20.8. The van der Waals surface area contributed by atoms with Gasteiger partial charge in [0.05, 0.1) is 37.4 Å². The van der Waals surface area contributed by atoms with Crippen LogP contribution < -0.4 is 14.8 Å². The third-order valence-corrected chi connectivity index (χ3v) is 12.5. The van der Waals surface area contributed by atoms with Gasteiger partial charge in [-0.05, 0) is 61.2 Å². The lowest BCUT2D eigenvalue weighted by Gasteiger charge is -2.27. The topological polar surface area (TPSA) is 174 Å². The van der Waals surface area contributed by atoms with Crippen molar-refractivity contribution in [2.45, 2.75) is 69.6 Å². The summed E-state index contributed by atoms with van der Waals surface area (Å²) in [7, 11) is -1.17. The van der Waals surface area contributed by atoms with E-state index in [1.54, 1.807) is 20.3 Å². The van der Waals surface area contributed by atoms with Crippen LogP contribution in [-0.4, -0.2) is 109 Å². The highest BCUT2D eigenvalue weighted by Gasteiger charge is 2.40. The van der Waals surface area contributed by atoms with E-state index in [-0.39, 0.29) is 24.2 Å². The Hall–Kier alpha value is -5.49. The average Bonchev–Trinajstić information content (AvgIpc) is 3.71. The number of allylic oxidation sites excluding steroid dienone is 3. The summed E-state index contributed by atoms with van der Waals surface area (Å²) in [6.07, 6.45) is 7.97. The number of fused-ring (bicyclic) bond motifs is 2. The Morgan fingerprint density at radius 2 is 1.54 bits per heavy atom. The van der Waals surface area contributed by atoms with E-state index < -0.39 is 33.3 Å². The van der Waals surface area contributed by atoms with E-state index in [1.807, 2.05) is 63.3 Å². The molecule has 3 aliphatic heterocycles. The second kappa shape index (κ2) is 22.6. The summed E-state index contributed by atoms with van der Waals surface area (Å²) in [5.74, 6) is -0.252. The van der Waals surface area contributed by atoms with Crippen molar-refractivity contribution in [1.82, 2.24) is 9.64 Å². The van der Waals surface area contributed by atoms with Crippen LogP contribution in [0.3, 0.4) is 0 Å². The van der Waals surface area contributed by atoms with Crippen molar-refractivity contribution in [2.75, 3.05) is 78.4 Å². The van der Waals surface area contributed by atoms with Gasteiger partial charge in [-0.1, -0.05) is 62.8 Å². The fourth-order valence-electron chi connectivity index (χ4n) is 8.13. The van der Waals surface area contributed by atoms with E-state index in [2.05, 4.69) is 33.8 Å². The van der Waals surface area contributed by atoms with E-state index in [4.69, 9.17) is 28.2 Å². The molecule has 3 heterocycles. The van der Waals surface area contributed by atoms with Crippen LogP contribution in [0.1, 0.15) is 69.1 Å². The molecular weight excluding hydrogens is 855 g/mol. The number of carbonyl (C=O) groups excluding carboxylic acids is 3. The molecule has 2 amide bonds. The van der Waals surface area contributed by atoms with Crippen molar-refractivity contribution < 1.29 is 55.6 Å². The largest absolute Gasteiger partial charge is 0.456 e. The first-order valence-electron chi connectivity index (χ1n) is 21.9. The van der Waals surface area contributed by atoms with Gasteiger partial charge in [0, 0.05) is 79.6 Å². The maximum absolute atomic E-state index is 12.5. The molecular formula is C49H60N3O12S+. The van der Waals surface area contributed by atoms with Gasteiger partial charge in [0.2, 0.25) is 5.36 Å². The lowest BCUT2D eigenvalue weighted by molar-refractivity contribution is -0.197. The normalized spacial score (nSPS) is 15.5. The smallest absolute Gasteiger partial charge is 0.333 e. The number of nitrogens with zero attached hydrogens (tertiary/aromatic N) is 3. The van der Waals surface area contributed by atoms with Crippen molar-refractivity contribution in [3.63, 3.8) is 0 Å². The highest BCUT2D eigenvalue weighted by Crippen LogP contribution is 2.49. The highest BCUT2D eigenvalue weighted by atomic mass is 32.2. The van der Waals surface area contributed by atoms with E-state index in [9.17, 15) is 27.4 Å². The van der Waals surface area contributed by atoms with E-state index in [0.717, 1.165) is 50.3 Å². The Morgan fingerprint density at radius 3 is 2.18 bits per heavy atom. The van der Waals surface area contributed by atoms with E-state index >= 15 is 0 Å². The zero-order chi connectivity index (χ0) is 46.6. The molecule has 1 fully saturated rings. The van der Waals surface area contributed by atoms with Gasteiger partial charge >= 0.3 is 5.97 Å². The number of hydrogen-bond acceptors (Lipinski definition) is 12. The number of hydroxylamine groups is 2. The molecule has 2 aromatic rings. The minimum Gasteiger partial charge on any atom is -0.456 e. The van der Waals surface area contributed by atoms with Crippen LogP contribution in [0.4, 0.5) is 5.69 Å². The van der Waals surface area contributed by atoms with Gasteiger partial charge in [-0.15, -0.1) is 5.06 Å². The van der Waals surface area contributed by atoms with Gasteiger partial charge in [-0.25, -0.2) is 9.37 Å². The molecule has 0 aromatic heterocycles. The Labute approximate surface area is 380 Å². The van der Waals surface area contributed by atoms with Crippen molar-refractivity contribution in [1.29, 1.82) is 0 Å². The predicted octanol–water partition coefficient (Wildman–Crippen LogP) is 6.57. The lowest BCUT2D eigenvalue weighted by Crippen LogP contribution is -2.36. The molecule has 2 aromatic carbocycles. The fraction of sp³-hybridized carbons (Fsp3) is 0.429. The standard InChI is InChI=1S/C49H59N3O12S/c1-35-39(40-20-18-37(33-43(40)63-48(35)36-13-8-6-9-14-36)50(25-27-61-31-29-59-4)26-28-62-32-30-60-5)15-12-16-44-49(2,3)41-34-38(65(56,57)58)19-21-42(41)51(44)24-11-7-10-17-47(55)64-52-45(53)22-23-46(52)54/h6,8-9,12-16,18-21,33-34H,7,10-11,17,22-32H2,1-5H3/p+1. The molecule has 1 aliphatic carbocycles. The zero-order valence-electron chi connectivity index (χ0n) is 37.9. The van der Waals surface area contributed by atoms with Crippen LogP contribution in [0.5, 0.6) is 0 Å². The Bertz CT molecular complexity index is 2500. The van der Waals surface area contributed by atoms with Crippen molar-refractivity contribution in [3.8, 4) is 22.6 Å². The SMILES string of the molecule is COCCOCC[N+](CCOCCOC)=c1ccc2c(/C=C/C=C3\N(CCCCCC(=O)ON4C(=O)CCC4=O)c4ccc(S(=O)(=O)O)cc4C3(C)C)c(C)c(-c3ccccc3)oc-2c1. The van der Waals surface area contributed by atoms with Gasteiger partial charge in [-0.2, -0.15) is 8.42 Å². The molecule has 0 spiro atoms. The van der Waals surface area contributed by atoms with Crippen LogP contribution in [0.25, 0.3) is 28.7 Å². The molecule has 0 saturated carbocycles. The highest BCUT2D eigenvalue weighted by molar-refractivity contribution is 7.85. The number of benzene rings is 3. The number of anilines is 1. The predicted molar refractivity (Wildman–Crippen MR) is 245 cm³/mol. The van der Waals surface area contributed by atoms with E-state index in [1.165, 1.54) is 12.1 Å². The first-order chi connectivity index (χ1) is 31.2. The number of ether oxygens (including phenoxy) is 4. The minimum atomic E-state index is -4.46. The van der Waals surface area contributed by atoms with Crippen LogP contribution in [0, 0.1) is 6.92 Å². The molecule has 1 N–H and O–H groups in total. The molecule has 4 aliphatic rings. The maximum atomic E-state index is 12.5. The summed E-state index contributed by atoms with van der Waals surface area (Å²) in [4.78, 5) is 43.2. The van der Waals surface area contributed by atoms with Gasteiger partial charge in [0.15, 0.2) is 13.1 Å². The second-order valence-electron chi connectivity index (χ2n) is 16.4. The number of methoxy groups -OCH3 is 2. The second-order valence-corrected chi connectivity index (χ2v) is 17.8. The van der Waals surface area contributed by atoms with Crippen LogP contribution >= 0.6 is 0 Å². The first kappa shape index (κ1) is 49.0. The average molecular weight is 915 g/mol. The summed E-state index contributed by atoms with van der Waals surface area (Å²) >= 11 is 0. The number of carbonyl (C=O) groups is 3. The lowest BCUT2D eigenvalue weighted by atomic mass is 9.83. The number of amides is 2. The Balaban J connectivity index is 1.33. The Kier molecular flexibility index (Phi) is 17.0. The fourth-order valence-corrected chi connectivity index (χ4v) is 8.63. The van der Waals surface area contributed by atoms with Crippen molar-refractivity contribution >= 4 is 39.7 Å². The van der Waals surface area contributed by atoms with Crippen LogP contribution in [-0.2, 0) is 53.7 Å². The summed E-state index contributed by atoms with van der Waals surface area (Å²) in [5, 5.41) is 1.51. The molecule has 0 atom stereocenters. The number of imide groups is 1. The third kappa shape index (κ3) is 12.2. The molecule has 16 heteroatoms. The van der Waals surface area contributed by atoms with E-state index in [0.29, 0.717) is 89.4 Å². The van der Waals surface area contributed by atoms with Gasteiger partial charge < -0.3 is 33.1 Å². The molecule has 0 bridgehead atoms. The number of hydrogen-bond donors (Lipinski definition) is 1. The summed E-state index contributed by atoms with van der Waals surface area (Å²) in [5.41, 5.74) is 5.54. The molecule has 0 unspecified atom stereocenters. The molecule has 15 nitrogen and oxygen atoms in total. The quantitative estimate of drug-likeness (QED) is 0.0367. The summed E-state index contributed by atoms with van der Waals surface area (Å²) in [6.45, 7) is 10.9. The molecule has 6 rings (SSSR count). The first-order valence-corrected chi connectivity index (χ1v) is 23.4. The molecule has 65 heavy (non-hydrogen) atoms. The minimum absolute atomic E-state index is 0.0303. The van der Waals surface area contributed by atoms with Crippen LogP contribution in [0.2, 0.25) is 0 Å². The van der Waals surface area contributed by atoms with Crippen molar-refractivity contribution in [3.05, 3.63) is 107 Å². The monoisotopic (exact) mass is 914 g/mol. The third-order valence-electron chi connectivity index (χ3n) is 11.6. The van der Waals surface area contributed by atoms with Gasteiger partial charge in [0.25, 0.3) is 21.9 Å². The molecule has 0 radical (unpaired) electrons. The zero-order valence-corrected chi connectivity index (χ0v) is 38.7.